The molecule has 0 spiro atoms. The minimum Gasteiger partial charge on any atom is -0.395 e. The van der Waals surface area contributed by atoms with Crippen LogP contribution >= 0.6 is 0 Å². The maximum absolute atomic E-state index is 13.7. The standard InChI is InChI=1S/C15H18FNO2/c1-15(2,3)17-14(19)12-8-7-11(13(16)10-12)6-4-5-9-18/h7-8,10,18H,5,9H2,1-3H3,(H,17,19). The zero-order chi connectivity index (χ0) is 14.5. The highest BCUT2D eigenvalue weighted by molar-refractivity contribution is 5.94. The van der Waals surface area contributed by atoms with Crippen molar-refractivity contribution >= 4 is 5.91 Å². The number of carbonyl (C=O) groups excluding carboxylic acids is 1. The van der Waals surface area contributed by atoms with Crippen molar-refractivity contribution in [1.29, 1.82) is 0 Å². The monoisotopic (exact) mass is 263 g/mol. The first-order valence-electron chi connectivity index (χ1n) is 6.05. The molecule has 3 nitrogen and oxygen atoms in total. The van der Waals surface area contributed by atoms with Gasteiger partial charge in [0.1, 0.15) is 5.82 Å². The molecule has 0 aromatic heterocycles. The molecule has 0 bridgehead atoms. The molecule has 0 fully saturated rings. The lowest BCUT2D eigenvalue weighted by Gasteiger charge is -2.20. The summed E-state index contributed by atoms with van der Waals surface area (Å²) in [5, 5.41) is 11.3. The molecule has 4 heteroatoms. The molecule has 0 heterocycles. The summed E-state index contributed by atoms with van der Waals surface area (Å²) >= 11 is 0. The van der Waals surface area contributed by atoms with Crippen molar-refractivity contribution in [2.75, 3.05) is 6.61 Å². The Morgan fingerprint density at radius 1 is 1.42 bits per heavy atom. The van der Waals surface area contributed by atoms with Gasteiger partial charge in [0.2, 0.25) is 0 Å². The van der Waals surface area contributed by atoms with E-state index in [4.69, 9.17) is 5.11 Å². The van der Waals surface area contributed by atoms with Crippen LogP contribution in [0.3, 0.4) is 0 Å². The Morgan fingerprint density at radius 3 is 2.63 bits per heavy atom. The minimum absolute atomic E-state index is 0.0549. The highest BCUT2D eigenvalue weighted by Gasteiger charge is 2.16. The number of halogens is 1. The first-order chi connectivity index (χ1) is 8.83. The molecule has 0 saturated carbocycles. The van der Waals surface area contributed by atoms with Crippen molar-refractivity contribution in [2.45, 2.75) is 32.7 Å². The molecule has 19 heavy (non-hydrogen) atoms. The summed E-state index contributed by atoms with van der Waals surface area (Å²) in [6, 6.07) is 4.18. The summed E-state index contributed by atoms with van der Waals surface area (Å²) in [5.74, 6) is 4.40. The summed E-state index contributed by atoms with van der Waals surface area (Å²) in [4.78, 5) is 11.8. The number of benzene rings is 1. The predicted molar refractivity (Wildman–Crippen MR) is 72.2 cm³/mol. The van der Waals surface area contributed by atoms with Crippen molar-refractivity contribution < 1.29 is 14.3 Å². The molecular formula is C15H18FNO2. The predicted octanol–water partition coefficient (Wildman–Crippen LogP) is 2.09. The first kappa shape index (κ1) is 15.2. The number of aliphatic hydroxyl groups excluding tert-OH is 1. The van der Waals surface area contributed by atoms with Crippen LogP contribution in [-0.4, -0.2) is 23.2 Å². The van der Waals surface area contributed by atoms with Gasteiger partial charge < -0.3 is 10.4 Å². The quantitative estimate of drug-likeness (QED) is 0.803. The lowest BCUT2D eigenvalue weighted by atomic mass is 10.1. The number of nitrogens with one attached hydrogen (secondary N) is 1. The normalized spacial score (nSPS) is 10.6. The maximum Gasteiger partial charge on any atom is 0.251 e. The van der Waals surface area contributed by atoms with Crippen LogP contribution in [0.15, 0.2) is 18.2 Å². The second-order valence-electron chi connectivity index (χ2n) is 5.17. The van der Waals surface area contributed by atoms with Crippen molar-refractivity contribution in [3.63, 3.8) is 0 Å². The average Bonchev–Trinajstić information content (AvgIpc) is 2.29. The third kappa shape index (κ3) is 5.11. The number of amides is 1. The number of aliphatic hydroxyl groups is 1. The van der Waals surface area contributed by atoms with Crippen molar-refractivity contribution in [2.24, 2.45) is 0 Å². The maximum atomic E-state index is 13.7. The molecule has 0 unspecified atom stereocenters. The van der Waals surface area contributed by atoms with Gasteiger partial charge in [-0.3, -0.25) is 4.79 Å². The van der Waals surface area contributed by atoms with E-state index in [0.717, 1.165) is 0 Å². The number of hydrogen-bond donors (Lipinski definition) is 2. The van der Waals surface area contributed by atoms with Crippen molar-refractivity contribution in [1.82, 2.24) is 5.32 Å². The molecule has 0 radical (unpaired) electrons. The molecule has 1 aromatic carbocycles. The van der Waals surface area contributed by atoms with Crippen LogP contribution in [-0.2, 0) is 0 Å². The molecule has 0 saturated heterocycles. The molecular weight excluding hydrogens is 245 g/mol. The Kier molecular flexibility index (Phi) is 5.08. The molecule has 1 rings (SSSR count). The van der Waals surface area contributed by atoms with E-state index in [1.807, 2.05) is 20.8 Å². The highest BCUT2D eigenvalue weighted by Crippen LogP contribution is 2.11. The van der Waals surface area contributed by atoms with Gasteiger partial charge in [-0.1, -0.05) is 11.8 Å². The van der Waals surface area contributed by atoms with Crippen LogP contribution in [0.1, 0.15) is 43.1 Å². The first-order valence-corrected chi connectivity index (χ1v) is 6.05. The summed E-state index contributed by atoms with van der Waals surface area (Å²) in [6.45, 7) is 5.52. The highest BCUT2D eigenvalue weighted by atomic mass is 19.1. The van der Waals surface area contributed by atoms with E-state index in [9.17, 15) is 9.18 Å². The van der Waals surface area contributed by atoms with Crippen LogP contribution in [0.5, 0.6) is 0 Å². The molecule has 0 aliphatic carbocycles. The van der Waals surface area contributed by atoms with E-state index in [-0.39, 0.29) is 29.2 Å². The Balaban J connectivity index is 2.89. The van der Waals surface area contributed by atoms with Crippen LogP contribution in [0, 0.1) is 17.7 Å². The molecule has 2 N–H and O–H groups in total. The van der Waals surface area contributed by atoms with Gasteiger partial charge in [0.05, 0.1) is 12.2 Å². The molecule has 102 valence electrons. The van der Waals surface area contributed by atoms with Gasteiger partial charge in [0.25, 0.3) is 5.91 Å². The number of rotatable bonds is 2. The Labute approximate surface area is 112 Å². The van der Waals surface area contributed by atoms with E-state index in [0.29, 0.717) is 6.42 Å². The molecule has 0 aliphatic heterocycles. The minimum atomic E-state index is -0.535. The van der Waals surface area contributed by atoms with Gasteiger partial charge in [-0.05, 0) is 39.0 Å². The summed E-state index contributed by atoms with van der Waals surface area (Å²) in [7, 11) is 0. The second kappa shape index (κ2) is 6.35. The topological polar surface area (TPSA) is 49.3 Å². The fourth-order valence-corrected chi connectivity index (χ4v) is 1.38. The van der Waals surface area contributed by atoms with Gasteiger partial charge in [-0.25, -0.2) is 4.39 Å². The fourth-order valence-electron chi connectivity index (χ4n) is 1.38. The fraction of sp³-hybridized carbons (Fsp3) is 0.400. The van der Waals surface area contributed by atoms with Crippen LogP contribution < -0.4 is 5.32 Å². The Morgan fingerprint density at radius 2 is 2.11 bits per heavy atom. The van der Waals surface area contributed by atoms with E-state index in [2.05, 4.69) is 17.2 Å². The molecule has 1 amide bonds. The van der Waals surface area contributed by atoms with E-state index in [1.165, 1.54) is 18.2 Å². The molecule has 0 atom stereocenters. The largest absolute Gasteiger partial charge is 0.395 e. The lowest BCUT2D eigenvalue weighted by molar-refractivity contribution is 0.0919. The van der Waals surface area contributed by atoms with Crippen molar-refractivity contribution in [3.05, 3.63) is 35.1 Å². The second-order valence-corrected chi connectivity index (χ2v) is 5.17. The summed E-state index contributed by atoms with van der Waals surface area (Å²) < 4.78 is 13.7. The van der Waals surface area contributed by atoms with Crippen molar-refractivity contribution in [3.8, 4) is 11.8 Å². The van der Waals surface area contributed by atoms with Gasteiger partial charge >= 0.3 is 0 Å². The summed E-state index contributed by atoms with van der Waals surface area (Å²) in [5.41, 5.74) is 0.119. The van der Waals surface area contributed by atoms with Crippen LogP contribution in [0.4, 0.5) is 4.39 Å². The zero-order valence-corrected chi connectivity index (χ0v) is 11.4. The van der Waals surface area contributed by atoms with Gasteiger partial charge in [0.15, 0.2) is 0 Å². The van der Waals surface area contributed by atoms with Gasteiger partial charge in [0, 0.05) is 17.5 Å². The number of carbonyl (C=O) groups is 1. The SMILES string of the molecule is CC(C)(C)NC(=O)c1ccc(C#CCCO)c(F)c1. The summed E-state index contributed by atoms with van der Waals surface area (Å²) in [6.07, 6.45) is 0.297. The van der Waals surface area contributed by atoms with E-state index in [1.54, 1.807) is 0 Å². The smallest absolute Gasteiger partial charge is 0.251 e. The Hall–Kier alpha value is -1.86. The Bertz CT molecular complexity index is 521. The van der Waals surface area contributed by atoms with Crippen LogP contribution in [0.2, 0.25) is 0 Å². The van der Waals surface area contributed by atoms with E-state index < -0.39 is 5.82 Å². The average molecular weight is 263 g/mol. The lowest BCUT2D eigenvalue weighted by Crippen LogP contribution is -2.40. The third-order valence-electron chi connectivity index (χ3n) is 2.18. The third-order valence-corrected chi connectivity index (χ3v) is 2.18. The van der Waals surface area contributed by atoms with Gasteiger partial charge in [-0.15, -0.1) is 0 Å². The molecule has 0 aliphatic rings. The molecule has 1 aromatic rings. The number of hydrogen-bond acceptors (Lipinski definition) is 2. The van der Waals surface area contributed by atoms with Gasteiger partial charge in [-0.2, -0.15) is 0 Å². The van der Waals surface area contributed by atoms with E-state index >= 15 is 0 Å². The zero-order valence-electron chi connectivity index (χ0n) is 11.4. The van der Waals surface area contributed by atoms with Crippen LogP contribution in [0.25, 0.3) is 0 Å².